The Labute approximate surface area is 168 Å². The lowest BCUT2D eigenvalue weighted by Crippen LogP contribution is -2.73. The van der Waals surface area contributed by atoms with Crippen molar-refractivity contribution in [2.45, 2.75) is 18.0 Å². The van der Waals surface area contributed by atoms with Crippen molar-refractivity contribution in [2.75, 3.05) is 26.8 Å². The molecule has 1 atom stereocenters. The average molecular weight is 393 g/mol. The first-order valence-corrected chi connectivity index (χ1v) is 9.53. The van der Waals surface area contributed by atoms with Gasteiger partial charge >= 0.3 is 0 Å². The molecule has 0 radical (unpaired) electrons. The van der Waals surface area contributed by atoms with Gasteiger partial charge in [-0.1, -0.05) is 30.3 Å². The minimum absolute atomic E-state index is 0.0527. The third kappa shape index (κ3) is 3.58. The maximum atomic E-state index is 13.2. The summed E-state index contributed by atoms with van der Waals surface area (Å²) in [7, 11) is 1.87. The quantitative estimate of drug-likeness (QED) is 0.747. The van der Waals surface area contributed by atoms with Gasteiger partial charge in [0.2, 0.25) is 11.8 Å². The highest BCUT2D eigenvalue weighted by molar-refractivity contribution is 5.98. The molecule has 1 aromatic heterocycles. The summed E-state index contributed by atoms with van der Waals surface area (Å²) in [5.41, 5.74) is 0.692. The number of likely N-dealkylation sites (tertiary alicyclic amines) is 1. The van der Waals surface area contributed by atoms with Crippen LogP contribution >= 0.6 is 0 Å². The third-order valence-electron chi connectivity index (χ3n) is 5.66. The van der Waals surface area contributed by atoms with E-state index in [0.29, 0.717) is 31.7 Å². The van der Waals surface area contributed by atoms with Gasteiger partial charge in [-0.2, -0.15) is 0 Å². The first kappa shape index (κ1) is 19.1. The number of hydrogen-bond acceptors (Lipinski definition) is 5. The monoisotopic (exact) mass is 393 g/mol. The fourth-order valence-electron chi connectivity index (χ4n) is 3.81. The molecule has 2 N–H and O–H groups in total. The lowest BCUT2D eigenvalue weighted by molar-refractivity contribution is -0.151. The van der Waals surface area contributed by atoms with Crippen LogP contribution in [-0.4, -0.2) is 70.9 Å². The summed E-state index contributed by atoms with van der Waals surface area (Å²) in [5.74, 6) is -0.591. The topological polar surface area (TPSA) is 94.6 Å². The van der Waals surface area contributed by atoms with Crippen molar-refractivity contribution < 1.29 is 14.4 Å². The molecule has 4 rings (SSSR count). The SMILES string of the molecule is CN1CNC(=O)C12CN(C(=O)C(Cc1ccccc1)NC(=O)c1cccnc1)C2. The smallest absolute Gasteiger partial charge is 0.253 e. The van der Waals surface area contributed by atoms with E-state index in [1.165, 1.54) is 6.20 Å². The van der Waals surface area contributed by atoms with Crippen molar-refractivity contribution in [1.82, 2.24) is 25.4 Å². The molecule has 150 valence electrons. The summed E-state index contributed by atoms with van der Waals surface area (Å²) < 4.78 is 0. The van der Waals surface area contributed by atoms with Gasteiger partial charge in [-0.15, -0.1) is 0 Å². The molecule has 2 aliphatic rings. The van der Waals surface area contributed by atoms with Crippen LogP contribution in [0.25, 0.3) is 0 Å². The predicted molar refractivity (Wildman–Crippen MR) is 106 cm³/mol. The van der Waals surface area contributed by atoms with E-state index in [1.54, 1.807) is 23.2 Å². The summed E-state index contributed by atoms with van der Waals surface area (Å²) in [6.07, 6.45) is 3.43. The van der Waals surface area contributed by atoms with Gasteiger partial charge in [0.1, 0.15) is 11.6 Å². The number of benzene rings is 1. The second-order valence-electron chi connectivity index (χ2n) is 7.55. The molecule has 2 fully saturated rings. The highest BCUT2D eigenvalue weighted by Gasteiger charge is 2.57. The van der Waals surface area contributed by atoms with Crippen LogP contribution in [0.5, 0.6) is 0 Å². The summed E-state index contributed by atoms with van der Waals surface area (Å²) in [6.45, 7) is 1.12. The number of nitrogens with one attached hydrogen (secondary N) is 2. The Morgan fingerprint density at radius 1 is 1.21 bits per heavy atom. The lowest BCUT2D eigenvalue weighted by atomic mass is 9.87. The van der Waals surface area contributed by atoms with Crippen LogP contribution in [0.1, 0.15) is 15.9 Å². The second kappa shape index (κ2) is 7.63. The molecule has 1 unspecified atom stereocenters. The van der Waals surface area contributed by atoms with E-state index < -0.39 is 11.6 Å². The van der Waals surface area contributed by atoms with E-state index >= 15 is 0 Å². The molecule has 8 nitrogen and oxygen atoms in total. The zero-order chi connectivity index (χ0) is 20.4. The number of nitrogens with zero attached hydrogens (tertiary/aromatic N) is 3. The molecule has 8 heteroatoms. The van der Waals surface area contributed by atoms with Gasteiger partial charge in [-0.05, 0) is 24.7 Å². The summed E-state index contributed by atoms with van der Waals surface area (Å²) >= 11 is 0. The molecular formula is C21H23N5O3. The van der Waals surface area contributed by atoms with Crippen LogP contribution in [0, 0.1) is 0 Å². The van der Waals surface area contributed by atoms with Gasteiger partial charge < -0.3 is 15.5 Å². The van der Waals surface area contributed by atoms with Gasteiger partial charge in [0.05, 0.1) is 25.3 Å². The van der Waals surface area contributed by atoms with Gasteiger partial charge in [-0.25, -0.2) is 0 Å². The second-order valence-corrected chi connectivity index (χ2v) is 7.55. The Kier molecular flexibility index (Phi) is 5.02. The highest BCUT2D eigenvalue weighted by atomic mass is 16.2. The molecule has 29 heavy (non-hydrogen) atoms. The Morgan fingerprint density at radius 2 is 1.97 bits per heavy atom. The molecule has 0 saturated carbocycles. The number of carbonyl (C=O) groups excluding carboxylic acids is 3. The molecule has 0 aliphatic carbocycles. The van der Waals surface area contributed by atoms with E-state index in [2.05, 4.69) is 15.6 Å². The molecule has 1 aromatic carbocycles. The van der Waals surface area contributed by atoms with Crippen LogP contribution in [0.4, 0.5) is 0 Å². The zero-order valence-corrected chi connectivity index (χ0v) is 16.2. The summed E-state index contributed by atoms with van der Waals surface area (Å²) in [4.78, 5) is 45.6. The van der Waals surface area contributed by atoms with Gasteiger partial charge in [-0.3, -0.25) is 24.3 Å². The summed E-state index contributed by atoms with van der Waals surface area (Å²) in [6, 6.07) is 12.2. The van der Waals surface area contributed by atoms with Crippen molar-refractivity contribution in [1.29, 1.82) is 0 Å². The number of hydrogen-bond donors (Lipinski definition) is 2. The first-order valence-electron chi connectivity index (χ1n) is 9.53. The first-order chi connectivity index (χ1) is 14.0. The van der Waals surface area contributed by atoms with E-state index in [9.17, 15) is 14.4 Å². The molecule has 3 amide bonds. The highest BCUT2D eigenvalue weighted by Crippen LogP contribution is 2.30. The van der Waals surface area contributed by atoms with Crippen molar-refractivity contribution in [3.05, 3.63) is 66.0 Å². The molecule has 0 bridgehead atoms. The van der Waals surface area contributed by atoms with Crippen LogP contribution < -0.4 is 10.6 Å². The van der Waals surface area contributed by atoms with Crippen LogP contribution in [0.3, 0.4) is 0 Å². The Balaban J connectivity index is 1.50. The van der Waals surface area contributed by atoms with Gasteiger partial charge in [0, 0.05) is 18.8 Å². The number of pyridine rings is 1. The maximum absolute atomic E-state index is 13.2. The van der Waals surface area contributed by atoms with Crippen molar-refractivity contribution in [3.8, 4) is 0 Å². The molecule has 3 heterocycles. The molecule has 2 saturated heterocycles. The van der Waals surface area contributed by atoms with E-state index in [1.807, 2.05) is 42.3 Å². The van der Waals surface area contributed by atoms with E-state index in [-0.39, 0.29) is 17.7 Å². The Hall–Kier alpha value is -3.26. The van der Waals surface area contributed by atoms with Crippen molar-refractivity contribution in [2.24, 2.45) is 0 Å². The van der Waals surface area contributed by atoms with Crippen LogP contribution in [-0.2, 0) is 16.0 Å². The number of rotatable bonds is 5. The molecular weight excluding hydrogens is 370 g/mol. The number of carbonyl (C=O) groups is 3. The van der Waals surface area contributed by atoms with E-state index in [0.717, 1.165) is 5.56 Å². The van der Waals surface area contributed by atoms with Crippen molar-refractivity contribution in [3.63, 3.8) is 0 Å². The number of aromatic nitrogens is 1. The van der Waals surface area contributed by atoms with Crippen LogP contribution in [0.15, 0.2) is 54.9 Å². The van der Waals surface area contributed by atoms with Crippen molar-refractivity contribution >= 4 is 17.7 Å². The van der Waals surface area contributed by atoms with E-state index in [4.69, 9.17) is 0 Å². The lowest BCUT2D eigenvalue weighted by Gasteiger charge is -2.49. The fraction of sp³-hybridized carbons (Fsp3) is 0.333. The van der Waals surface area contributed by atoms with Gasteiger partial charge in [0.25, 0.3) is 5.91 Å². The van der Waals surface area contributed by atoms with Crippen LogP contribution in [0.2, 0.25) is 0 Å². The standard InChI is InChI=1S/C21H23N5O3/c1-25-14-23-20(29)21(25)12-26(13-21)19(28)17(10-15-6-3-2-4-7-15)24-18(27)16-8-5-9-22-11-16/h2-9,11,17H,10,12-14H2,1H3,(H,23,29)(H,24,27). The maximum Gasteiger partial charge on any atom is 0.253 e. The van der Waals surface area contributed by atoms with Gasteiger partial charge in [0.15, 0.2) is 0 Å². The molecule has 2 aromatic rings. The largest absolute Gasteiger partial charge is 0.342 e. The molecule has 2 aliphatic heterocycles. The molecule has 1 spiro atoms. The zero-order valence-electron chi connectivity index (χ0n) is 16.2. The fourth-order valence-corrected chi connectivity index (χ4v) is 3.81. The summed E-state index contributed by atoms with van der Waals surface area (Å²) in [5, 5.41) is 5.66. The normalized spacial score (nSPS) is 18.8. The third-order valence-corrected chi connectivity index (χ3v) is 5.66. The average Bonchev–Trinajstić information content (AvgIpc) is 3.01. The minimum Gasteiger partial charge on any atom is -0.342 e. The Morgan fingerprint density at radius 3 is 2.59 bits per heavy atom. The predicted octanol–water partition coefficient (Wildman–Crippen LogP) is 0.0228. The minimum atomic E-state index is -0.725. The Bertz CT molecular complexity index is 912. The number of likely N-dealkylation sites (N-methyl/N-ethyl adjacent to an activating group) is 1. The number of amides is 3.